The predicted octanol–water partition coefficient (Wildman–Crippen LogP) is 7.27. The van der Waals surface area contributed by atoms with Gasteiger partial charge in [-0.25, -0.2) is 5.43 Å². The average Bonchev–Trinajstić information content (AvgIpc) is 3.81. The largest absolute Gasteiger partial charge is 0.464 e. The van der Waals surface area contributed by atoms with E-state index in [0.29, 0.717) is 38.9 Å². The van der Waals surface area contributed by atoms with E-state index >= 15 is 0 Å². The molecule has 0 radical (unpaired) electrons. The van der Waals surface area contributed by atoms with E-state index < -0.39 is 23.5 Å². The van der Waals surface area contributed by atoms with Crippen molar-refractivity contribution in [2.75, 3.05) is 39.9 Å². The number of fused-ring (bicyclic) bond motifs is 7. The topological polar surface area (TPSA) is 138 Å². The molecule has 13 nitrogen and oxygen atoms in total. The molecular formula is C53H69N7O6. The lowest BCUT2D eigenvalue weighted by atomic mass is 9.84. The molecule has 4 aliphatic heterocycles. The molecule has 0 saturated carbocycles. The van der Waals surface area contributed by atoms with Crippen LogP contribution in [-0.4, -0.2) is 112 Å². The van der Waals surface area contributed by atoms with Gasteiger partial charge >= 0.3 is 5.97 Å². The van der Waals surface area contributed by atoms with Crippen LogP contribution in [0.3, 0.4) is 0 Å². The molecule has 0 spiro atoms. The van der Waals surface area contributed by atoms with Gasteiger partial charge in [-0.3, -0.25) is 34.1 Å². The number of hydrogen-bond donors (Lipinski definition) is 2. The van der Waals surface area contributed by atoms with Gasteiger partial charge in [0.1, 0.15) is 12.1 Å². The Morgan fingerprint density at radius 1 is 1.08 bits per heavy atom. The van der Waals surface area contributed by atoms with Crippen molar-refractivity contribution in [1.29, 1.82) is 0 Å². The van der Waals surface area contributed by atoms with Gasteiger partial charge in [0.2, 0.25) is 11.8 Å². The van der Waals surface area contributed by atoms with E-state index in [4.69, 9.17) is 14.5 Å². The highest BCUT2D eigenvalue weighted by molar-refractivity contribution is 5.95. The number of rotatable bonds is 12. The van der Waals surface area contributed by atoms with Crippen molar-refractivity contribution in [3.05, 3.63) is 90.3 Å². The fourth-order valence-corrected chi connectivity index (χ4v) is 11.1. The van der Waals surface area contributed by atoms with Crippen LogP contribution in [0.1, 0.15) is 97.1 Å². The number of ether oxygens (including phenoxy) is 2. The number of aryl methyl sites for hydroxylation is 1. The minimum atomic E-state index is -0.909. The zero-order valence-corrected chi connectivity index (χ0v) is 40.2. The number of piperidine rings is 1. The van der Waals surface area contributed by atoms with Crippen LogP contribution in [-0.2, 0) is 48.0 Å². The van der Waals surface area contributed by atoms with Gasteiger partial charge < -0.3 is 24.3 Å². The third-order valence-electron chi connectivity index (χ3n) is 14.7. The number of cyclic esters (lactones) is 1. The van der Waals surface area contributed by atoms with Gasteiger partial charge in [0.15, 0.2) is 0 Å². The molecule has 8 rings (SSSR count). The van der Waals surface area contributed by atoms with Crippen LogP contribution in [0.5, 0.6) is 0 Å². The smallest absolute Gasteiger partial charge is 0.324 e. The number of pyridine rings is 1. The quantitative estimate of drug-likeness (QED) is 0.0855. The Labute approximate surface area is 390 Å². The molecule has 4 aliphatic rings. The normalized spacial score (nSPS) is 24.8. The van der Waals surface area contributed by atoms with Crippen molar-refractivity contribution in [2.45, 2.75) is 123 Å². The monoisotopic (exact) mass is 900 g/mol. The highest BCUT2D eigenvalue weighted by Crippen LogP contribution is 2.51. The summed E-state index contributed by atoms with van der Waals surface area (Å²) in [7, 11) is 1.70. The number of carbonyl (C=O) groups excluding carboxylic acids is 4. The maximum Gasteiger partial charge on any atom is 0.324 e. The van der Waals surface area contributed by atoms with Gasteiger partial charge in [-0.2, -0.15) is 0 Å². The molecule has 3 saturated heterocycles. The summed E-state index contributed by atoms with van der Waals surface area (Å²) in [5.41, 5.74) is 10.7. The Balaban J connectivity index is 1.17. The molecule has 13 heteroatoms. The lowest BCUT2D eigenvalue weighted by Gasteiger charge is -2.36. The summed E-state index contributed by atoms with van der Waals surface area (Å²) in [5, 5.41) is 5.90. The molecule has 66 heavy (non-hydrogen) atoms. The van der Waals surface area contributed by atoms with Gasteiger partial charge in [-0.1, -0.05) is 64.6 Å². The zero-order valence-electron chi connectivity index (χ0n) is 40.2. The van der Waals surface area contributed by atoms with E-state index in [1.165, 1.54) is 11.1 Å². The number of esters is 1. The summed E-state index contributed by atoms with van der Waals surface area (Å²) >= 11 is 0. The predicted molar refractivity (Wildman–Crippen MR) is 257 cm³/mol. The molecule has 352 valence electrons. The molecule has 2 aromatic heterocycles. The third-order valence-corrected chi connectivity index (χ3v) is 14.7. The lowest BCUT2D eigenvalue weighted by molar-refractivity contribution is -0.155. The Morgan fingerprint density at radius 3 is 2.58 bits per heavy atom. The molecule has 6 bridgehead atoms. The number of methoxy groups -OCH3 is 1. The molecular weight excluding hydrogens is 831 g/mol. The molecule has 6 heterocycles. The first-order chi connectivity index (χ1) is 31.6. The Bertz CT molecular complexity index is 2500. The summed E-state index contributed by atoms with van der Waals surface area (Å²) in [6, 6.07) is 17.3. The van der Waals surface area contributed by atoms with Crippen LogP contribution >= 0.6 is 0 Å². The number of hydrogen-bond acceptors (Lipinski definition) is 9. The minimum Gasteiger partial charge on any atom is -0.464 e. The van der Waals surface area contributed by atoms with Gasteiger partial charge in [-0.15, -0.1) is 0 Å². The second-order valence-electron chi connectivity index (χ2n) is 20.1. The SMILES string of the molecule is C=CC(=O)N(CC)CC12CC[C@H](C(C(=O)N[C@H]3Cc4cccc(c4)-c4ccc5c(c4)c(c(-c4cccnc4[C@H](C)OC)n5CC)CC(C)(C)COC(=O)[C@@H]4CCCN(N4)C3=O)C(C)C)N1C2. The van der Waals surface area contributed by atoms with Crippen molar-refractivity contribution in [3.8, 4) is 22.4 Å². The van der Waals surface area contributed by atoms with Crippen LogP contribution in [0.4, 0.5) is 0 Å². The van der Waals surface area contributed by atoms with Gasteiger partial charge in [0.05, 0.1) is 35.6 Å². The number of nitrogens with one attached hydrogen (secondary N) is 2. The molecule has 3 unspecified atom stereocenters. The van der Waals surface area contributed by atoms with E-state index in [2.05, 4.69) is 97.8 Å². The zero-order chi connectivity index (χ0) is 47.1. The number of nitrogens with zero attached hydrogens (tertiary/aromatic N) is 5. The summed E-state index contributed by atoms with van der Waals surface area (Å²) in [6.07, 6.45) is 6.65. The van der Waals surface area contributed by atoms with Crippen LogP contribution < -0.4 is 10.7 Å². The van der Waals surface area contributed by atoms with E-state index in [1.54, 1.807) is 7.11 Å². The summed E-state index contributed by atoms with van der Waals surface area (Å²) in [5.74, 6) is -1.33. The van der Waals surface area contributed by atoms with Crippen molar-refractivity contribution in [3.63, 3.8) is 0 Å². The molecule has 0 aliphatic carbocycles. The Kier molecular flexibility index (Phi) is 13.6. The van der Waals surface area contributed by atoms with Crippen LogP contribution in [0.15, 0.2) is 73.4 Å². The molecule has 4 aromatic rings. The summed E-state index contributed by atoms with van der Waals surface area (Å²) < 4.78 is 14.4. The van der Waals surface area contributed by atoms with E-state index in [0.717, 1.165) is 76.0 Å². The second-order valence-corrected chi connectivity index (χ2v) is 20.1. The van der Waals surface area contributed by atoms with Crippen LogP contribution in [0.25, 0.3) is 33.3 Å². The van der Waals surface area contributed by atoms with Crippen molar-refractivity contribution >= 4 is 34.6 Å². The maximum atomic E-state index is 14.8. The highest BCUT2D eigenvalue weighted by Gasteiger charge is 2.62. The van der Waals surface area contributed by atoms with Crippen LogP contribution in [0.2, 0.25) is 0 Å². The number of benzene rings is 2. The summed E-state index contributed by atoms with van der Waals surface area (Å²) in [4.78, 5) is 65.2. The van der Waals surface area contributed by atoms with E-state index in [9.17, 15) is 19.2 Å². The molecule has 7 atom stereocenters. The number of amides is 3. The number of carbonyl (C=O) groups is 4. The van der Waals surface area contributed by atoms with Crippen molar-refractivity contribution < 1.29 is 28.7 Å². The van der Waals surface area contributed by atoms with Gasteiger partial charge in [0.25, 0.3) is 5.91 Å². The van der Waals surface area contributed by atoms with E-state index in [-0.39, 0.29) is 60.3 Å². The molecule has 3 fully saturated rings. The lowest BCUT2D eigenvalue weighted by Crippen LogP contribution is -2.61. The molecule has 2 N–H and O–H groups in total. The number of likely N-dealkylation sites (N-methyl/N-ethyl adjacent to an activating group) is 1. The second kappa shape index (κ2) is 19.1. The van der Waals surface area contributed by atoms with Gasteiger partial charge in [0, 0.05) is 80.4 Å². The first-order valence-electron chi connectivity index (χ1n) is 24.1. The first-order valence-corrected chi connectivity index (χ1v) is 24.1. The highest BCUT2D eigenvalue weighted by atomic mass is 16.5. The number of aromatic nitrogens is 2. The standard InChI is InChI=1S/C53H69N7O6/c1-10-45(61)57(11-2)30-53-23-22-44(59(53)31-53)46(33(4)5)49(62)55-42-27-35-16-13-17-36(26-35)37-20-21-43-39(28-37)40(48(58(43)12-3)38-18-14-24-54-47(38)34(6)65-9)29-52(7,8)32-66-51(64)41-19-15-25-60(56-41)50(42)63/h10,13-14,16-18,20-21,24,26,28,33-34,41-42,44,46,56H,1,11-12,15,19,22-23,25,27,29-32H2,2-9H3,(H,55,62)/t34-,41-,42-,44+,46?,53?,59?/m0/s1. The molecule has 3 amide bonds. The average molecular weight is 900 g/mol. The Morgan fingerprint density at radius 2 is 1.86 bits per heavy atom. The van der Waals surface area contributed by atoms with Crippen molar-refractivity contribution in [1.82, 2.24) is 35.1 Å². The maximum absolute atomic E-state index is 14.8. The minimum absolute atomic E-state index is 0.00587. The third kappa shape index (κ3) is 9.18. The molecule has 2 aromatic carbocycles. The summed E-state index contributed by atoms with van der Waals surface area (Å²) in [6.45, 7) is 21.6. The fourth-order valence-electron chi connectivity index (χ4n) is 11.1. The first kappa shape index (κ1) is 47.1. The van der Waals surface area contributed by atoms with Gasteiger partial charge in [-0.05, 0) is 111 Å². The Hall–Kier alpha value is -5.37. The van der Waals surface area contributed by atoms with Crippen LogP contribution in [0, 0.1) is 17.3 Å². The number of hydrazine groups is 1. The van der Waals surface area contributed by atoms with E-state index in [1.807, 2.05) is 43.1 Å². The van der Waals surface area contributed by atoms with Crippen molar-refractivity contribution in [2.24, 2.45) is 17.3 Å². The fraction of sp³-hybridized carbons (Fsp3) is 0.528.